The molecule has 260 valence electrons. The first-order valence-corrected chi connectivity index (χ1v) is 17.8. The lowest BCUT2D eigenvalue weighted by Crippen LogP contribution is -2.43. The molecule has 10 nitrogen and oxygen atoms in total. The molecule has 0 fully saturated rings. The fraction of sp³-hybridized carbons (Fsp3) is 0.462. The second kappa shape index (κ2) is 15.7. The van der Waals surface area contributed by atoms with Crippen LogP contribution in [-0.2, 0) is 19.5 Å². The number of aryl methyl sites for hydroxylation is 2. The number of benzene rings is 2. The number of amides is 3. The molecule has 49 heavy (non-hydrogen) atoms. The van der Waals surface area contributed by atoms with Gasteiger partial charge in [-0.1, -0.05) is 64.8 Å². The van der Waals surface area contributed by atoms with Gasteiger partial charge in [0.2, 0.25) is 0 Å². The second-order valence-corrected chi connectivity index (χ2v) is 13.4. The number of carbonyl (C=O) groups is 3. The Morgan fingerprint density at radius 3 is 2.29 bits per heavy atom. The lowest BCUT2D eigenvalue weighted by Gasteiger charge is -2.35. The fourth-order valence-corrected chi connectivity index (χ4v) is 6.41. The number of hydrogen-bond acceptors (Lipinski definition) is 5. The summed E-state index contributed by atoms with van der Waals surface area (Å²) < 4.78 is 3.39. The highest BCUT2D eigenvalue weighted by Gasteiger charge is 2.30. The van der Waals surface area contributed by atoms with Crippen molar-refractivity contribution >= 4 is 23.4 Å². The minimum absolute atomic E-state index is 0.0385. The van der Waals surface area contributed by atoms with Crippen LogP contribution >= 0.6 is 0 Å². The van der Waals surface area contributed by atoms with Crippen molar-refractivity contribution in [2.75, 3.05) is 18.4 Å². The van der Waals surface area contributed by atoms with E-state index in [1.54, 1.807) is 27.6 Å². The molecule has 5 rings (SSSR count). The molecule has 1 N–H and O–H groups in total. The van der Waals surface area contributed by atoms with E-state index in [9.17, 15) is 14.4 Å². The zero-order valence-electron chi connectivity index (χ0n) is 30.1. The molecule has 0 saturated carbocycles. The average molecular weight is 666 g/mol. The molecule has 1 aliphatic rings. The first kappa shape index (κ1) is 35.6. The van der Waals surface area contributed by atoms with Crippen molar-refractivity contribution in [3.05, 3.63) is 94.1 Å². The minimum Gasteiger partial charge on any atom is -0.337 e. The van der Waals surface area contributed by atoms with Gasteiger partial charge in [-0.25, -0.2) is 4.68 Å². The molecule has 0 bridgehead atoms. The molecule has 1 atom stereocenters. The molecule has 1 unspecified atom stereocenters. The van der Waals surface area contributed by atoms with E-state index in [1.807, 2.05) is 61.8 Å². The predicted molar refractivity (Wildman–Crippen MR) is 193 cm³/mol. The highest BCUT2D eigenvalue weighted by atomic mass is 16.2. The number of hydrogen-bond donors (Lipinski definition) is 1. The topological polar surface area (TPSA) is 105 Å². The van der Waals surface area contributed by atoms with Crippen LogP contribution in [-0.4, -0.2) is 66.2 Å². The Morgan fingerprint density at radius 1 is 0.939 bits per heavy atom. The number of aromatic nitrogens is 4. The van der Waals surface area contributed by atoms with Crippen molar-refractivity contribution in [2.24, 2.45) is 0 Å². The van der Waals surface area contributed by atoms with Crippen LogP contribution in [0, 0.1) is 6.92 Å². The van der Waals surface area contributed by atoms with Gasteiger partial charge in [-0.05, 0) is 87.4 Å². The van der Waals surface area contributed by atoms with E-state index in [0.29, 0.717) is 54.5 Å². The third-order valence-electron chi connectivity index (χ3n) is 9.36. The maximum atomic E-state index is 14.6. The summed E-state index contributed by atoms with van der Waals surface area (Å²) in [6.07, 6.45) is 4.59. The molecular formula is C39H51N7O3. The monoisotopic (exact) mass is 665 g/mol. The predicted octanol–water partition coefficient (Wildman–Crippen LogP) is 7.40. The van der Waals surface area contributed by atoms with Crippen LogP contribution in [0.1, 0.15) is 127 Å². The summed E-state index contributed by atoms with van der Waals surface area (Å²) in [4.78, 5) is 45.6. The Balaban J connectivity index is 1.53. The molecule has 0 saturated heterocycles. The highest BCUT2D eigenvalue weighted by Crippen LogP contribution is 2.29. The van der Waals surface area contributed by atoms with Crippen molar-refractivity contribution < 1.29 is 14.4 Å². The summed E-state index contributed by atoms with van der Waals surface area (Å²) >= 11 is 0. The first-order chi connectivity index (χ1) is 23.6. The van der Waals surface area contributed by atoms with E-state index in [-0.39, 0.29) is 29.7 Å². The van der Waals surface area contributed by atoms with Gasteiger partial charge in [0.05, 0.1) is 16.9 Å². The van der Waals surface area contributed by atoms with Gasteiger partial charge in [-0.2, -0.15) is 10.2 Å². The normalized spacial score (nSPS) is 14.2. The van der Waals surface area contributed by atoms with Crippen LogP contribution in [0.2, 0.25) is 0 Å². The third kappa shape index (κ3) is 7.79. The van der Waals surface area contributed by atoms with E-state index in [1.165, 1.54) is 5.56 Å². The quantitative estimate of drug-likeness (QED) is 0.160. The van der Waals surface area contributed by atoms with E-state index in [0.717, 1.165) is 49.1 Å². The van der Waals surface area contributed by atoms with Crippen LogP contribution in [0.25, 0.3) is 5.69 Å². The molecule has 0 aliphatic carbocycles. The average Bonchev–Trinajstić information content (AvgIpc) is 3.71. The summed E-state index contributed by atoms with van der Waals surface area (Å²) in [5.41, 5.74) is 6.22. The van der Waals surface area contributed by atoms with E-state index in [4.69, 9.17) is 5.10 Å². The zero-order chi connectivity index (χ0) is 35.2. The fourth-order valence-electron chi connectivity index (χ4n) is 6.41. The van der Waals surface area contributed by atoms with Crippen molar-refractivity contribution in [2.45, 2.75) is 106 Å². The van der Waals surface area contributed by atoms with E-state index < -0.39 is 0 Å². The molecule has 0 radical (unpaired) electrons. The Kier molecular flexibility index (Phi) is 11.4. The molecular weight excluding hydrogens is 614 g/mol. The lowest BCUT2D eigenvalue weighted by molar-refractivity contribution is 0.0657. The van der Waals surface area contributed by atoms with Crippen LogP contribution < -0.4 is 5.32 Å². The van der Waals surface area contributed by atoms with Crippen molar-refractivity contribution in [1.82, 2.24) is 29.4 Å². The van der Waals surface area contributed by atoms with Gasteiger partial charge in [0, 0.05) is 43.6 Å². The van der Waals surface area contributed by atoms with Gasteiger partial charge in [0.1, 0.15) is 5.69 Å². The van der Waals surface area contributed by atoms with Crippen LogP contribution in [0.15, 0.2) is 54.6 Å². The Bertz CT molecular complexity index is 1800. The van der Waals surface area contributed by atoms with Gasteiger partial charge in [-0.15, -0.1) is 0 Å². The molecule has 4 aromatic rings. The Morgan fingerprint density at radius 2 is 1.63 bits per heavy atom. The summed E-state index contributed by atoms with van der Waals surface area (Å²) in [6.45, 7) is 16.6. The van der Waals surface area contributed by atoms with Gasteiger partial charge >= 0.3 is 0 Å². The first-order valence-electron chi connectivity index (χ1n) is 17.8. The lowest BCUT2D eigenvalue weighted by atomic mass is 9.94. The number of unbranched alkanes of at least 4 members (excludes halogenated alkanes) is 2. The number of rotatable bonds is 13. The Labute approximate surface area is 290 Å². The van der Waals surface area contributed by atoms with Crippen LogP contribution in [0.4, 0.5) is 5.69 Å². The third-order valence-corrected chi connectivity index (χ3v) is 9.36. The van der Waals surface area contributed by atoms with Crippen LogP contribution in [0.3, 0.4) is 0 Å². The van der Waals surface area contributed by atoms with Gasteiger partial charge in [0.25, 0.3) is 17.7 Å². The van der Waals surface area contributed by atoms with E-state index >= 15 is 0 Å². The maximum absolute atomic E-state index is 14.6. The number of nitrogens with zero attached hydrogens (tertiary/aromatic N) is 6. The molecule has 2 aromatic carbocycles. The van der Waals surface area contributed by atoms with E-state index in [2.05, 4.69) is 43.3 Å². The number of nitrogens with one attached hydrogen (secondary N) is 1. The number of anilines is 1. The summed E-state index contributed by atoms with van der Waals surface area (Å²) in [7, 11) is 0. The smallest absolute Gasteiger partial charge is 0.274 e. The largest absolute Gasteiger partial charge is 0.337 e. The van der Waals surface area contributed by atoms with Crippen molar-refractivity contribution in [1.29, 1.82) is 0 Å². The van der Waals surface area contributed by atoms with Crippen LogP contribution in [0.5, 0.6) is 0 Å². The number of fused-ring (bicyclic) bond motifs is 1. The summed E-state index contributed by atoms with van der Waals surface area (Å²) in [5, 5.41) is 12.4. The maximum Gasteiger partial charge on any atom is 0.274 e. The number of carbonyl (C=O) groups excluding carboxylic acids is 3. The van der Waals surface area contributed by atoms with Gasteiger partial charge in [0.15, 0.2) is 5.69 Å². The van der Waals surface area contributed by atoms with Gasteiger partial charge < -0.3 is 15.1 Å². The van der Waals surface area contributed by atoms with Crippen molar-refractivity contribution in [3.8, 4) is 5.69 Å². The summed E-state index contributed by atoms with van der Waals surface area (Å²) in [6, 6.07) is 17.1. The molecule has 10 heteroatoms. The minimum atomic E-state index is -0.296. The molecule has 3 heterocycles. The highest BCUT2D eigenvalue weighted by molar-refractivity contribution is 6.05. The summed E-state index contributed by atoms with van der Waals surface area (Å²) in [5.74, 6) is -0.381. The molecule has 0 spiro atoms. The standard InChI is InChI=1S/C39H51N7O3/c1-8-11-19-43(20-12-9-2)39(49)34-22-28(7)46(42-34)35-18-17-31(40-37(47)36-24-33(26(4)5)41-45(36)10-3)23-32(35)38(48)44-25-30-16-14-13-15-29(30)21-27(44)6/h13-18,22-24,26-27H,8-12,19-21,25H2,1-7H3,(H,40,47). The molecule has 1 aliphatic heterocycles. The SMILES string of the molecule is CCCCN(CCCC)C(=O)c1cc(C)n(-c2ccc(NC(=O)c3cc(C(C)C)nn3CC)cc2C(=O)N2Cc3ccccc3CC2C)n1. The zero-order valence-corrected chi connectivity index (χ0v) is 30.1. The molecule has 2 aromatic heterocycles. The molecule has 3 amide bonds. The van der Waals surface area contributed by atoms with Crippen molar-refractivity contribution in [3.63, 3.8) is 0 Å². The second-order valence-electron chi connectivity index (χ2n) is 13.4. The van der Waals surface area contributed by atoms with Gasteiger partial charge in [-0.3, -0.25) is 19.1 Å². The Hall–Kier alpha value is -4.73.